The number of nitrogens with two attached hydrogens (primary N) is 1. The molecule has 1 aromatic carbocycles. The van der Waals surface area contributed by atoms with Gasteiger partial charge in [-0.3, -0.25) is 0 Å². The summed E-state index contributed by atoms with van der Waals surface area (Å²) in [5.74, 6) is 0.123. The van der Waals surface area contributed by atoms with Crippen molar-refractivity contribution in [3.63, 3.8) is 0 Å². The van der Waals surface area contributed by atoms with Crippen LogP contribution in [0.15, 0.2) is 23.4 Å². The highest BCUT2D eigenvalue weighted by atomic mass is 16.5. The number of aryl methyl sites for hydroxylation is 1. The second kappa shape index (κ2) is 6.91. The standard InChI is InChI=1S/C16H24N2O3/c1-10-6-13(16(17)18-19)4-5-14(10)9-20-15-7-11(2)21-12(3)8-15/h4-6,11-12,15,19H,7-9H2,1-3H3,(H2,17,18). The van der Waals surface area contributed by atoms with E-state index in [0.29, 0.717) is 12.2 Å². The van der Waals surface area contributed by atoms with E-state index in [1.807, 2.05) is 25.1 Å². The predicted molar refractivity (Wildman–Crippen MR) is 81.5 cm³/mol. The fraction of sp³-hybridized carbons (Fsp3) is 0.562. The van der Waals surface area contributed by atoms with Gasteiger partial charge in [0.2, 0.25) is 0 Å². The zero-order chi connectivity index (χ0) is 15.4. The zero-order valence-corrected chi connectivity index (χ0v) is 12.9. The number of rotatable bonds is 4. The van der Waals surface area contributed by atoms with E-state index in [-0.39, 0.29) is 24.1 Å². The van der Waals surface area contributed by atoms with Gasteiger partial charge >= 0.3 is 0 Å². The van der Waals surface area contributed by atoms with E-state index in [1.54, 1.807) is 0 Å². The van der Waals surface area contributed by atoms with Gasteiger partial charge < -0.3 is 20.4 Å². The SMILES string of the molecule is Cc1cc(/C(N)=N/O)ccc1COC1CC(C)OC(C)C1. The first-order chi connectivity index (χ1) is 9.99. The summed E-state index contributed by atoms with van der Waals surface area (Å²) >= 11 is 0. The first-order valence-corrected chi connectivity index (χ1v) is 7.34. The van der Waals surface area contributed by atoms with E-state index >= 15 is 0 Å². The minimum atomic E-state index is 0.123. The Morgan fingerprint density at radius 3 is 2.62 bits per heavy atom. The molecule has 21 heavy (non-hydrogen) atoms. The third-order valence-electron chi connectivity index (χ3n) is 3.87. The van der Waals surface area contributed by atoms with Gasteiger partial charge in [0.05, 0.1) is 24.9 Å². The van der Waals surface area contributed by atoms with Crippen molar-refractivity contribution in [2.45, 2.75) is 58.5 Å². The Kier molecular flexibility index (Phi) is 5.20. The Morgan fingerprint density at radius 2 is 2.05 bits per heavy atom. The molecule has 1 aromatic rings. The van der Waals surface area contributed by atoms with Crippen molar-refractivity contribution in [3.05, 3.63) is 34.9 Å². The molecule has 1 aliphatic heterocycles. The van der Waals surface area contributed by atoms with E-state index in [4.69, 9.17) is 20.4 Å². The van der Waals surface area contributed by atoms with Crippen LogP contribution < -0.4 is 5.73 Å². The van der Waals surface area contributed by atoms with E-state index in [0.717, 1.165) is 24.0 Å². The molecule has 2 rings (SSSR count). The third-order valence-corrected chi connectivity index (χ3v) is 3.87. The summed E-state index contributed by atoms with van der Waals surface area (Å²) in [5.41, 5.74) is 8.50. The van der Waals surface area contributed by atoms with Crippen molar-refractivity contribution >= 4 is 5.84 Å². The molecule has 1 aliphatic rings. The minimum absolute atomic E-state index is 0.123. The lowest BCUT2D eigenvalue weighted by atomic mass is 10.0. The van der Waals surface area contributed by atoms with Gasteiger partial charge in [-0.15, -0.1) is 0 Å². The summed E-state index contributed by atoms with van der Waals surface area (Å²) in [6.45, 7) is 6.75. The van der Waals surface area contributed by atoms with Crippen LogP contribution in [0.3, 0.4) is 0 Å². The maximum Gasteiger partial charge on any atom is 0.170 e. The van der Waals surface area contributed by atoms with Crippen LogP contribution in [0.1, 0.15) is 43.4 Å². The molecule has 0 radical (unpaired) electrons. The summed E-state index contributed by atoms with van der Waals surface area (Å²) in [6, 6.07) is 5.72. The molecule has 2 unspecified atom stereocenters. The molecular weight excluding hydrogens is 268 g/mol. The van der Waals surface area contributed by atoms with Crippen molar-refractivity contribution in [1.29, 1.82) is 0 Å². The van der Waals surface area contributed by atoms with Crippen LogP contribution >= 0.6 is 0 Å². The van der Waals surface area contributed by atoms with Crippen molar-refractivity contribution in [3.8, 4) is 0 Å². The summed E-state index contributed by atoms with van der Waals surface area (Å²) in [5, 5.41) is 11.7. The number of hydrogen-bond donors (Lipinski definition) is 2. The van der Waals surface area contributed by atoms with Gasteiger partial charge in [-0.05, 0) is 50.8 Å². The maximum absolute atomic E-state index is 8.70. The van der Waals surface area contributed by atoms with Crippen LogP contribution in [0, 0.1) is 6.92 Å². The van der Waals surface area contributed by atoms with Gasteiger partial charge in [0, 0.05) is 5.56 Å². The third kappa shape index (κ3) is 4.19. The van der Waals surface area contributed by atoms with Crippen molar-refractivity contribution in [1.82, 2.24) is 0 Å². The number of ether oxygens (including phenoxy) is 2. The first kappa shape index (κ1) is 15.8. The average Bonchev–Trinajstić information content (AvgIpc) is 2.44. The minimum Gasteiger partial charge on any atom is -0.409 e. The Bertz CT molecular complexity index is 506. The first-order valence-electron chi connectivity index (χ1n) is 7.34. The normalized spacial score (nSPS) is 26.8. The van der Waals surface area contributed by atoms with E-state index in [9.17, 15) is 0 Å². The summed E-state index contributed by atoms with van der Waals surface area (Å²) in [7, 11) is 0. The molecule has 0 spiro atoms. The van der Waals surface area contributed by atoms with Crippen molar-refractivity contribution < 1.29 is 14.7 Å². The lowest BCUT2D eigenvalue weighted by Crippen LogP contribution is -2.34. The van der Waals surface area contributed by atoms with Gasteiger partial charge in [0.25, 0.3) is 0 Å². The lowest BCUT2D eigenvalue weighted by molar-refractivity contribution is -0.106. The van der Waals surface area contributed by atoms with E-state index < -0.39 is 0 Å². The fourth-order valence-corrected chi connectivity index (χ4v) is 2.76. The van der Waals surface area contributed by atoms with E-state index in [1.165, 1.54) is 0 Å². The van der Waals surface area contributed by atoms with Crippen molar-refractivity contribution in [2.75, 3.05) is 0 Å². The van der Waals surface area contributed by atoms with Crippen LogP contribution in [0.25, 0.3) is 0 Å². The average molecular weight is 292 g/mol. The molecule has 0 aromatic heterocycles. The Hall–Kier alpha value is -1.59. The zero-order valence-electron chi connectivity index (χ0n) is 12.9. The summed E-state index contributed by atoms with van der Waals surface area (Å²) < 4.78 is 11.7. The Balaban J connectivity index is 1.97. The summed E-state index contributed by atoms with van der Waals surface area (Å²) in [4.78, 5) is 0. The number of hydrogen-bond acceptors (Lipinski definition) is 4. The second-order valence-electron chi connectivity index (χ2n) is 5.79. The van der Waals surface area contributed by atoms with Gasteiger partial charge in [-0.1, -0.05) is 17.3 Å². The fourth-order valence-electron chi connectivity index (χ4n) is 2.76. The Labute approximate surface area is 125 Å². The number of benzene rings is 1. The molecule has 0 aliphatic carbocycles. The quantitative estimate of drug-likeness (QED) is 0.387. The number of nitrogens with zero attached hydrogens (tertiary/aromatic N) is 1. The molecule has 5 heteroatoms. The van der Waals surface area contributed by atoms with Crippen LogP contribution in [-0.4, -0.2) is 29.4 Å². The second-order valence-corrected chi connectivity index (χ2v) is 5.79. The molecule has 0 bridgehead atoms. The monoisotopic (exact) mass is 292 g/mol. The number of oxime groups is 1. The maximum atomic E-state index is 8.70. The highest BCUT2D eigenvalue weighted by Crippen LogP contribution is 2.23. The topological polar surface area (TPSA) is 77.1 Å². The molecular formula is C16H24N2O3. The van der Waals surface area contributed by atoms with Crippen LogP contribution in [0.5, 0.6) is 0 Å². The lowest BCUT2D eigenvalue weighted by Gasteiger charge is -2.32. The van der Waals surface area contributed by atoms with Gasteiger partial charge in [-0.2, -0.15) is 0 Å². The van der Waals surface area contributed by atoms with E-state index in [2.05, 4.69) is 19.0 Å². The summed E-state index contributed by atoms with van der Waals surface area (Å²) in [6.07, 6.45) is 2.62. The Morgan fingerprint density at radius 1 is 1.38 bits per heavy atom. The molecule has 5 nitrogen and oxygen atoms in total. The molecule has 1 heterocycles. The molecule has 1 fully saturated rings. The molecule has 116 valence electrons. The van der Waals surface area contributed by atoms with Gasteiger partial charge in [0.15, 0.2) is 5.84 Å². The molecule has 2 atom stereocenters. The molecule has 0 saturated carbocycles. The molecule has 3 N–H and O–H groups in total. The smallest absolute Gasteiger partial charge is 0.170 e. The van der Waals surface area contributed by atoms with Crippen LogP contribution in [0.4, 0.5) is 0 Å². The predicted octanol–water partition coefficient (Wildman–Crippen LogP) is 2.56. The van der Waals surface area contributed by atoms with Crippen LogP contribution in [0.2, 0.25) is 0 Å². The van der Waals surface area contributed by atoms with Gasteiger partial charge in [0.1, 0.15) is 0 Å². The molecule has 0 amide bonds. The van der Waals surface area contributed by atoms with Crippen LogP contribution in [-0.2, 0) is 16.1 Å². The molecule has 1 saturated heterocycles. The van der Waals surface area contributed by atoms with Crippen molar-refractivity contribution in [2.24, 2.45) is 10.9 Å². The number of amidine groups is 1. The van der Waals surface area contributed by atoms with Gasteiger partial charge in [-0.25, -0.2) is 0 Å². The largest absolute Gasteiger partial charge is 0.409 e. The highest BCUT2D eigenvalue weighted by molar-refractivity contribution is 5.97. The highest BCUT2D eigenvalue weighted by Gasteiger charge is 2.24.